The second-order valence-electron chi connectivity index (χ2n) is 6.57. The third kappa shape index (κ3) is 8.39. The number of alkyl halides is 1. The molecule has 0 amide bonds. The Morgan fingerprint density at radius 2 is 1.63 bits per heavy atom. The molecule has 1 nitrogen and oxygen atoms in total. The second kappa shape index (κ2) is 12.6. The van der Waals surface area contributed by atoms with Crippen molar-refractivity contribution in [1.82, 2.24) is 0 Å². The van der Waals surface area contributed by atoms with E-state index in [4.69, 9.17) is 4.74 Å². The molecule has 2 aromatic carbocycles. The fourth-order valence-electron chi connectivity index (χ4n) is 2.39. The van der Waals surface area contributed by atoms with Crippen molar-refractivity contribution in [2.24, 2.45) is 0 Å². The predicted octanol–water partition coefficient (Wildman–Crippen LogP) is 7.92. The van der Waals surface area contributed by atoms with Crippen LogP contribution in [0, 0.1) is 27.7 Å². The van der Waals surface area contributed by atoms with Crippen molar-refractivity contribution in [2.45, 2.75) is 52.5 Å². The summed E-state index contributed by atoms with van der Waals surface area (Å²) in [6.45, 7) is 13.3. The van der Waals surface area contributed by atoms with Gasteiger partial charge in [0.2, 0.25) is 0 Å². The van der Waals surface area contributed by atoms with Crippen molar-refractivity contribution in [3.05, 3.63) is 64.0 Å². The number of benzene rings is 2. The zero-order chi connectivity index (χ0) is 20.4. The SMILES string of the molecule is CCOC(C)CBr.Cc1ccc(C)c(S)c1.Cc1ccc(C)c2sccc12. The standard InChI is InChI=1S/C10H10S.C8H10S.C5H11BrO/c1-7-3-4-8(2)10-9(7)5-6-11-10;1-6-3-4-7(2)8(9)5-6;1-3-7-5(2)4-6/h3-6H,1-2H3;3-5,9H,1-2H3;5H,3-4H2,1-2H3. The molecule has 0 bridgehead atoms. The lowest BCUT2D eigenvalue weighted by molar-refractivity contribution is 0.0940. The highest BCUT2D eigenvalue weighted by Crippen LogP contribution is 2.26. The number of thiol groups is 1. The third-order valence-electron chi connectivity index (χ3n) is 4.06. The smallest absolute Gasteiger partial charge is 0.0643 e. The molecule has 3 rings (SSSR count). The first-order valence-corrected chi connectivity index (χ1v) is 11.6. The molecular formula is C23H31BrOS2. The number of aryl methyl sites for hydroxylation is 4. The summed E-state index contributed by atoms with van der Waals surface area (Å²) in [5.41, 5.74) is 5.28. The van der Waals surface area contributed by atoms with Gasteiger partial charge in [0.25, 0.3) is 0 Å². The molecule has 1 heterocycles. The Balaban J connectivity index is 0.000000209. The first kappa shape index (κ1) is 24.2. The van der Waals surface area contributed by atoms with Crippen LogP contribution in [0.1, 0.15) is 36.1 Å². The molecular weight excluding hydrogens is 436 g/mol. The molecule has 27 heavy (non-hydrogen) atoms. The third-order valence-corrected chi connectivity index (χ3v) is 6.51. The van der Waals surface area contributed by atoms with E-state index < -0.39 is 0 Å². The maximum Gasteiger partial charge on any atom is 0.0643 e. The number of fused-ring (bicyclic) bond motifs is 1. The van der Waals surface area contributed by atoms with Crippen molar-refractivity contribution in [3.8, 4) is 0 Å². The highest BCUT2D eigenvalue weighted by Gasteiger charge is 1.99. The van der Waals surface area contributed by atoms with E-state index in [1.54, 1.807) is 0 Å². The average Bonchev–Trinajstić information content (AvgIpc) is 3.14. The van der Waals surface area contributed by atoms with Crippen LogP contribution < -0.4 is 0 Å². The van der Waals surface area contributed by atoms with Crippen LogP contribution in [-0.4, -0.2) is 18.0 Å². The molecule has 0 radical (unpaired) electrons. The molecule has 0 aliphatic rings. The van der Waals surface area contributed by atoms with Gasteiger partial charge in [-0.15, -0.1) is 24.0 Å². The molecule has 4 heteroatoms. The zero-order valence-electron chi connectivity index (χ0n) is 17.2. The van der Waals surface area contributed by atoms with Crippen LogP contribution in [0.15, 0.2) is 46.7 Å². The summed E-state index contributed by atoms with van der Waals surface area (Å²) in [6.07, 6.45) is 0.366. The van der Waals surface area contributed by atoms with Gasteiger partial charge in [0.15, 0.2) is 0 Å². The fraction of sp³-hybridized carbons (Fsp3) is 0.391. The van der Waals surface area contributed by atoms with Crippen LogP contribution in [0.3, 0.4) is 0 Å². The van der Waals surface area contributed by atoms with Gasteiger partial charge >= 0.3 is 0 Å². The number of thiophene rings is 1. The van der Waals surface area contributed by atoms with E-state index >= 15 is 0 Å². The summed E-state index contributed by atoms with van der Waals surface area (Å²) in [6, 6.07) is 12.8. The summed E-state index contributed by atoms with van der Waals surface area (Å²) in [4.78, 5) is 1.08. The van der Waals surface area contributed by atoms with Gasteiger partial charge in [-0.05, 0) is 81.1 Å². The summed E-state index contributed by atoms with van der Waals surface area (Å²) in [5.74, 6) is 0. The largest absolute Gasteiger partial charge is 0.378 e. The Labute approximate surface area is 182 Å². The summed E-state index contributed by atoms with van der Waals surface area (Å²) >= 11 is 9.39. The van der Waals surface area contributed by atoms with E-state index in [9.17, 15) is 0 Å². The lowest BCUT2D eigenvalue weighted by Crippen LogP contribution is -2.07. The fourth-order valence-corrected chi connectivity index (χ4v) is 3.80. The highest BCUT2D eigenvalue weighted by atomic mass is 79.9. The maximum absolute atomic E-state index is 5.14. The number of ether oxygens (including phenoxy) is 1. The van der Waals surface area contributed by atoms with E-state index in [2.05, 4.69) is 98.0 Å². The Bertz CT molecular complexity index is 790. The van der Waals surface area contributed by atoms with Gasteiger partial charge in [0.1, 0.15) is 0 Å². The van der Waals surface area contributed by atoms with Gasteiger partial charge in [-0.25, -0.2) is 0 Å². The molecule has 0 saturated heterocycles. The highest BCUT2D eigenvalue weighted by molar-refractivity contribution is 9.09. The van der Waals surface area contributed by atoms with Crippen LogP contribution in [0.25, 0.3) is 10.1 Å². The van der Waals surface area contributed by atoms with Crippen LogP contribution in [0.2, 0.25) is 0 Å². The van der Waals surface area contributed by atoms with Crippen molar-refractivity contribution in [1.29, 1.82) is 0 Å². The number of rotatable bonds is 3. The van der Waals surface area contributed by atoms with Gasteiger partial charge < -0.3 is 4.74 Å². The predicted molar refractivity (Wildman–Crippen MR) is 129 cm³/mol. The van der Waals surface area contributed by atoms with Gasteiger partial charge in [-0.2, -0.15) is 0 Å². The van der Waals surface area contributed by atoms with Gasteiger partial charge in [0, 0.05) is 21.5 Å². The van der Waals surface area contributed by atoms with Crippen molar-refractivity contribution < 1.29 is 4.74 Å². The Morgan fingerprint density at radius 1 is 1.00 bits per heavy atom. The number of hydrogen-bond acceptors (Lipinski definition) is 3. The number of hydrogen-bond donors (Lipinski definition) is 1. The number of halogens is 1. The summed E-state index contributed by atoms with van der Waals surface area (Å²) < 4.78 is 6.58. The monoisotopic (exact) mass is 466 g/mol. The Kier molecular flexibility index (Phi) is 11.3. The normalized spacial score (nSPS) is 11.3. The lowest BCUT2D eigenvalue weighted by Gasteiger charge is -2.04. The van der Waals surface area contributed by atoms with Crippen LogP contribution >= 0.6 is 39.9 Å². The van der Waals surface area contributed by atoms with Crippen LogP contribution in [0.5, 0.6) is 0 Å². The molecule has 1 aromatic heterocycles. The zero-order valence-corrected chi connectivity index (χ0v) is 20.5. The first-order chi connectivity index (χ1) is 12.8. The van der Waals surface area contributed by atoms with E-state index in [0.717, 1.165) is 16.8 Å². The topological polar surface area (TPSA) is 9.23 Å². The molecule has 0 saturated carbocycles. The Hall–Kier alpha value is -0.810. The first-order valence-electron chi connectivity index (χ1n) is 9.17. The average molecular weight is 468 g/mol. The molecule has 0 aliphatic heterocycles. The maximum atomic E-state index is 5.14. The van der Waals surface area contributed by atoms with Gasteiger partial charge in [0.05, 0.1) is 6.10 Å². The quantitative estimate of drug-likeness (QED) is 0.304. The molecule has 148 valence electrons. The molecule has 0 N–H and O–H groups in total. The summed E-state index contributed by atoms with van der Waals surface area (Å²) in [7, 11) is 0. The van der Waals surface area contributed by atoms with Crippen molar-refractivity contribution >= 4 is 50.0 Å². The minimum absolute atomic E-state index is 0.366. The van der Waals surface area contributed by atoms with Crippen LogP contribution in [-0.2, 0) is 4.74 Å². The lowest BCUT2D eigenvalue weighted by atomic mass is 10.1. The van der Waals surface area contributed by atoms with E-state index in [1.807, 2.05) is 25.2 Å². The van der Waals surface area contributed by atoms with E-state index in [-0.39, 0.29) is 0 Å². The molecule has 1 unspecified atom stereocenters. The molecule has 0 fully saturated rings. The summed E-state index contributed by atoms with van der Waals surface area (Å²) in [5, 5.41) is 4.50. The van der Waals surface area contributed by atoms with E-state index in [0.29, 0.717) is 6.10 Å². The Morgan fingerprint density at radius 3 is 2.11 bits per heavy atom. The van der Waals surface area contributed by atoms with Crippen LogP contribution in [0.4, 0.5) is 0 Å². The molecule has 0 spiro atoms. The van der Waals surface area contributed by atoms with E-state index in [1.165, 1.54) is 32.3 Å². The van der Waals surface area contributed by atoms with Gasteiger partial charge in [-0.3, -0.25) is 0 Å². The second-order valence-corrected chi connectivity index (χ2v) is 8.62. The minimum atomic E-state index is 0.366. The molecule has 0 aliphatic carbocycles. The molecule has 3 aromatic rings. The molecule has 1 atom stereocenters. The minimum Gasteiger partial charge on any atom is -0.378 e. The van der Waals surface area contributed by atoms with Gasteiger partial charge in [-0.1, -0.05) is 45.8 Å². The van der Waals surface area contributed by atoms with Crippen molar-refractivity contribution in [2.75, 3.05) is 11.9 Å². The van der Waals surface area contributed by atoms with Crippen molar-refractivity contribution in [3.63, 3.8) is 0 Å².